The molecule has 0 fully saturated rings. The fourth-order valence-electron chi connectivity index (χ4n) is 0.800. The number of oxime groups is 1. The lowest BCUT2D eigenvalue weighted by molar-refractivity contribution is 0.166. The second-order valence-corrected chi connectivity index (χ2v) is 3.12. The maximum Gasteiger partial charge on any atom is 0.437 e. The number of para-hydroxylation sites is 1. The van der Waals surface area contributed by atoms with Gasteiger partial charge in [0.25, 0.3) is 0 Å². The van der Waals surface area contributed by atoms with Crippen molar-refractivity contribution in [2.75, 3.05) is 5.32 Å². The molecule has 1 N–H and O–H groups in total. The Morgan fingerprint density at radius 3 is 2.80 bits per heavy atom. The quantitative estimate of drug-likeness (QED) is 0.482. The Labute approximate surface area is 90.7 Å². The SMILES string of the molecule is C/C(Cl)=N/OC(=O)Nc1ccccc1F. The Kier molecular flexibility index (Phi) is 4.05. The van der Waals surface area contributed by atoms with Crippen molar-refractivity contribution in [1.82, 2.24) is 0 Å². The van der Waals surface area contributed by atoms with E-state index in [1.165, 1.54) is 25.1 Å². The van der Waals surface area contributed by atoms with Crippen molar-refractivity contribution in [2.24, 2.45) is 5.16 Å². The van der Waals surface area contributed by atoms with Crippen molar-refractivity contribution in [3.05, 3.63) is 30.1 Å². The van der Waals surface area contributed by atoms with Crippen LogP contribution in [0.15, 0.2) is 29.4 Å². The van der Waals surface area contributed by atoms with Crippen LogP contribution in [0, 0.1) is 5.82 Å². The van der Waals surface area contributed by atoms with Crippen LogP contribution in [-0.2, 0) is 4.84 Å². The molecule has 6 heteroatoms. The molecule has 0 saturated carbocycles. The fraction of sp³-hybridized carbons (Fsp3) is 0.111. The van der Waals surface area contributed by atoms with Crippen LogP contribution < -0.4 is 5.32 Å². The Balaban J connectivity index is 2.59. The summed E-state index contributed by atoms with van der Waals surface area (Å²) < 4.78 is 13.0. The Morgan fingerprint density at radius 2 is 2.20 bits per heavy atom. The number of hydrogen-bond acceptors (Lipinski definition) is 3. The Hall–Kier alpha value is -1.62. The Morgan fingerprint density at radius 1 is 1.53 bits per heavy atom. The van der Waals surface area contributed by atoms with E-state index in [0.29, 0.717) is 0 Å². The molecule has 1 amide bonds. The zero-order chi connectivity index (χ0) is 11.3. The number of amides is 1. The standard InChI is InChI=1S/C9H8ClFN2O2/c1-6(10)13-15-9(14)12-8-5-3-2-4-7(8)11/h2-5H,1H3,(H,12,14)/b13-6-. The van der Waals surface area contributed by atoms with Gasteiger partial charge in [-0.05, 0) is 19.1 Å². The van der Waals surface area contributed by atoms with E-state index in [9.17, 15) is 9.18 Å². The van der Waals surface area contributed by atoms with Crippen LogP contribution in [0.5, 0.6) is 0 Å². The summed E-state index contributed by atoms with van der Waals surface area (Å²) in [4.78, 5) is 15.3. The van der Waals surface area contributed by atoms with Crippen molar-refractivity contribution in [3.63, 3.8) is 0 Å². The number of nitrogens with one attached hydrogen (secondary N) is 1. The molecule has 0 aromatic heterocycles. The molecule has 1 rings (SSSR count). The first-order valence-corrected chi connectivity index (χ1v) is 4.40. The van der Waals surface area contributed by atoms with Crippen LogP contribution in [-0.4, -0.2) is 11.3 Å². The predicted octanol–water partition coefficient (Wildman–Crippen LogP) is 2.95. The summed E-state index contributed by atoms with van der Waals surface area (Å²) in [5, 5.41) is 5.43. The van der Waals surface area contributed by atoms with Gasteiger partial charge >= 0.3 is 6.09 Å². The molecule has 4 nitrogen and oxygen atoms in total. The maximum absolute atomic E-state index is 13.0. The van der Waals surface area contributed by atoms with E-state index < -0.39 is 11.9 Å². The van der Waals surface area contributed by atoms with E-state index >= 15 is 0 Å². The lowest BCUT2D eigenvalue weighted by Gasteiger charge is -2.02. The fourth-order valence-corrected chi connectivity index (χ4v) is 0.834. The van der Waals surface area contributed by atoms with E-state index in [0.717, 1.165) is 0 Å². The predicted molar refractivity (Wildman–Crippen MR) is 55.5 cm³/mol. The molecule has 0 aliphatic rings. The van der Waals surface area contributed by atoms with Gasteiger partial charge < -0.3 is 0 Å². The summed E-state index contributed by atoms with van der Waals surface area (Å²) in [6, 6.07) is 5.70. The van der Waals surface area contributed by atoms with E-state index in [4.69, 9.17) is 11.6 Å². The molecule has 0 atom stereocenters. The molecular weight excluding hydrogens is 223 g/mol. The number of nitrogens with zero attached hydrogens (tertiary/aromatic N) is 1. The first kappa shape index (κ1) is 11.5. The smallest absolute Gasteiger partial charge is 0.297 e. The number of anilines is 1. The molecule has 15 heavy (non-hydrogen) atoms. The number of hydrogen-bond donors (Lipinski definition) is 1. The highest BCUT2D eigenvalue weighted by Crippen LogP contribution is 2.12. The molecule has 80 valence electrons. The third-order valence-corrected chi connectivity index (χ3v) is 1.43. The van der Waals surface area contributed by atoms with Gasteiger partial charge in [-0.25, -0.2) is 9.18 Å². The van der Waals surface area contributed by atoms with Gasteiger partial charge in [0.15, 0.2) is 0 Å². The van der Waals surface area contributed by atoms with Gasteiger partial charge in [0.05, 0.1) is 5.69 Å². The maximum atomic E-state index is 13.0. The van der Waals surface area contributed by atoms with Gasteiger partial charge in [0.1, 0.15) is 11.0 Å². The van der Waals surface area contributed by atoms with Gasteiger partial charge in [-0.15, -0.1) is 0 Å². The molecule has 1 aromatic carbocycles. The van der Waals surface area contributed by atoms with Crippen molar-refractivity contribution in [1.29, 1.82) is 0 Å². The molecule has 0 radical (unpaired) electrons. The molecule has 0 aliphatic heterocycles. The highest BCUT2D eigenvalue weighted by Gasteiger charge is 2.06. The second kappa shape index (κ2) is 5.31. The average Bonchev–Trinajstić information content (AvgIpc) is 2.18. The first-order chi connectivity index (χ1) is 7.09. The van der Waals surface area contributed by atoms with E-state index in [2.05, 4.69) is 15.3 Å². The zero-order valence-electron chi connectivity index (χ0n) is 7.83. The monoisotopic (exact) mass is 230 g/mol. The zero-order valence-corrected chi connectivity index (χ0v) is 8.58. The van der Waals surface area contributed by atoms with Gasteiger partial charge in [-0.1, -0.05) is 28.9 Å². The summed E-state index contributed by atoms with van der Waals surface area (Å²) in [5.74, 6) is -0.555. The molecule has 0 unspecified atom stereocenters. The van der Waals surface area contributed by atoms with E-state index in [1.54, 1.807) is 6.07 Å². The summed E-state index contributed by atoms with van der Waals surface area (Å²) >= 11 is 5.33. The van der Waals surface area contributed by atoms with Crippen molar-refractivity contribution >= 4 is 28.6 Å². The van der Waals surface area contributed by atoms with Crippen molar-refractivity contribution < 1.29 is 14.0 Å². The van der Waals surface area contributed by atoms with Crippen LogP contribution in [0.2, 0.25) is 0 Å². The molecular formula is C9H8ClFN2O2. The van der Waals surface area contributed by atoms with Crippen LogP contribution >= 0.6 is 11.6 Å². The normalized spacial score (nSPS) is 11.0. The minimum Gasteiger partial charge on any atom is -0.297 e. The molecule has 0 heterocycles. The molecule has 0 bridgehead atoms. The lowest BCUT2D eigenvalue weighted by Crippen LogP contribution is -2.12. The third kappa shape index (κ3) is 3.95. The van der Waals surface area contributed by atoms with Crippen LogP contribution in [0.4, 0.5) is 14.9 Å². The molecule has 0 spiro atoms. The van der Waals surface area contributed by atoms with E-state index in [1.807, 2.05) is 0 Å². The largest absolute Gasteiger partial charge is 0.437 e. The minimum atomic E-state index is -0.903. The Bertz CT molecular complexity index is 391. The number of carbonyl (C=O) groups is 1. The number of benzene rings is 1. The van der Waals surface area contributed by atoms with Crippen molar-refractivity contribution in [3.8, 4) is 0 Å². The number of rotatable bonds is 2. The van der Waals surface area contributed by atoms with Crippen LogP contribution in [0.1, 0.15) is 6.92 Å². The van der Waals surface area contributed by atoms with E-state index in [-0.39, 0.29) is 10.9 Å². The number of carbonyl (C=O) groups excluding carboxylic acids is 1. The van der Waals surface area contributed by atoms with Gasteiger partial charge in [0, 0.05) is 0 Å². The van der Waals surface area contributed by atoms with Crippen LogP contribution in [0.3, 0.4) is 0 Å². The summed E-state index contributed by atoms with van der Waals surface area (Å²) in [6.45, 7) is 1.44. The summed E-state index contributed by atoms with van der Waals surface area (Å²) in [5.41, 5.74) is 0.0184. The number of halogens is 2. The summed E-state index contributed by atoms with van der Waals surface area (Å²) in [7, 11) is 0. The van der Waals surface area contributed by atoms with Gasteiger partial charge in [0.2, 0.25) is 0 Å². The molecule has 0 saturated heterocycles. The summed E-state index contributed by atoms with van der Waals surface area (Å²) in [6.07, 6.45) is -0.903. The highest BCUT2D eigenvalue weighted by molar-refractivity contribution is 6.64. The highest BCUT2D eigenvalue weighted by atomic mass is 35.5. The van der Waals surface area contributed by atoms with Crippen molar-refractivity contribution in [2.45, 2.75) is 6.92 Å². The van der Waals surface area contributed by atoms with Crippen LogP contribution in [0.25, 0.3) is 0 Å². The third-order valence-electron chi connectivity index (χ3n) is 1.36. The second-order valence-electron chi connectivity index (χ2n) is 2.57. The first-order valence-electron chi connectivity index (χ1n) is 4.02. The van der Waals surface area contributed by atoms with Gasteiger partial charge in [-0.3, -0.25) is 10.2 Å². The molecule has 1 aromatic rings. The topological polar surface area (TPSA) is 50.7 Å². The minimum absolute atomic E-state index is 0.0184. The average molecular weight is 231 g/mol. The molecule has 0 aliphatic carbocycles. The lowest BCUT2D eigenvalue weighted by atomic mass is 10.3. The van der Waals surface area contributed by atoms with Gasteiger partial charge in [-0.2, -0.15) is 0 Å².